The molecule has 0 unspecified atom stereocenters. The summed E-state index contributed by atoms with van der Waals surface area (Å²) in [7, 11) is 0. The molecule has 2 aromatic heterocycles. The zero-order valence-corrected chi connectivity index (χ0v) is 15.5. The molecule has 0 saturated carbocycles. The average Bonchev–Trinajstić information content (AvgIpc) is 3.00. The van der Waals surface area contributed by atoms with Crippen LogP contribution in [0.25, 0.3) is 5.95 Å². The lowest BCUT2D eigenvalue weighted by Crippen LogP contribution is -2.17. The molecule has 0 radical (unpaired) electrons. The topological polar surface area (TPSA) is 74.5 Å². The highest BCUT2D eigenvalue weighted by molar-refractivity contribution is 7.98. The Kier molecular flexibility index (Phi) is 4.36. The third-order valence-corrected chi connectivity index (χ3v) is 5.00. The molecule has 3 rings (SSSR count). The second kappa shape index (κ2) is 6.32. The Morgan fingerprint density at radius 2 is 1.67 bits per heavy atom. The zero-order valence-electron chi connectivity index (χ0n) is 14.7. The third kappa shape index (κ3) is 3.03. The monoisotopic (exact) mass is 342 g/mol. The second-order valence-electron chi connectivity index (χ2n) is 6.16. The maximum atomic E-state index is 6.19. The van der Waals surface area contributed by atoms with Crippen molar-refractivity contribution in [3.63, 3.8) is 0 Å². The van der Waals surface area contributed by atoms with E-state index in [2.05, 4.69) is 48.2 Å². The number of thioether (sulfide) groups is 1. The fourth-order valence-electron chi connectivity index (χ4n) is 2.92. The van der Waals surface area contributed by atoms with E-state index in [9.17, 15) is 0 Å². The molecule has 2 N–H and O–H groups in total. The minimum Gasteiger partial charge on any atom is -0.334 e. The minimum atomic E-state index is 0.528. The quantitative estimate of drug-likeness (QED) is 0.583. The fraction of sp³-hybridized carbons (Fsp3) is 0.353. The van der Waals surface area contributed by atoms with Crippen LogP contribution in [-0.2, 0) is 5.75 Å². The van der Waals surface area contributed by atoms with Crippen LogP contribution in [0.4, 0.5) is 0 Å². The van der Waals surface area contributed by atoms with Crippen molar-refractivity contribution in [1.29, 1.82) is 0 Å². The molecule has 1 aromatic carbocycles. The number of rotatable bonds is 4. The highest BCUT2D eigenvalue weighted by atomic mass is 32.2. The molecular formula is C17H22N6S. The standard InChI is InChI=1S/C17H22N6S/c1-10-6-11(2)15(12(3)7-10)9-24-17-20-19-16(22(17)18)23-14(5)8-13(4)21-23/h6-8H,9,18H2,1-5H3. The van der Waals surface area contributed by atoms with Crippen molar-refractivity contribution in [2.75, 3.05) is 5.84 Å². The number of benzene rings is 1. The summed E-state index contributed by atoms with van der Waals surface area (Å²) in [6, 6.07) is 6.40. The first-order valence-electron chi connectivity index (χ1n) is 7.80. The Morgan fingerprint density at radius 3 is 2.25 bits per heavy atom. The molecular weight excluding hydrogens is 320 g/mol. The van der Waals surface area contributed by atoms with Crippen molar-refractivity contribution in [2.24, 2.45) is 0 Å². The number of hydrogen-bond acceptors (Lipinski definition) is 5. The highest BCUT2D eigenvalue weighted by Crippen LogP contribution is 2.26. The Bertz CT molecular complexity index is 870. The van der Waals surface area contributed by atoms with E-state index in [1.54, 1.807) is 16.4 Å². The van der Waals surface area contributed by atoms with Gasteiger partial charge in [0, 0.05) is 11.4 Å². The number of nitrogens with two attached hydrogens (primary N) is 1. The number of aryl methyl sites for hydroxylation is 5. The Labute approximate surface area is 146 Å². The number of aromatic nitrogens is 5. The summed E-state index contributed by atoms with van der Waals surface area (Å²) in [4.78, 5) is 0. The molecule has 7 heteroatoms. The fourth-order valence-corrected chi connectivity index (χ4v) is 3.97. The van der Waals surface area contributed by atoms with E-state index in [1.165, 1.54) is 26.9 Å². The molecule has 0 atom stereocenters. The van der Waals surface area contributed by atoms with Gasteiger partial charge in [-0.3, -0.25) is 0 Å². The Hall–Kier alpha value is -2.28. The molecule has 0 saturated heterocycles. The molecule has 0 fully saturated rings. The lowest BCUT2D eigenvalue weighted by Gasteiger charge is -2.11. The van der Waals surface area contributed by atoms with Gasteiger partial charge in [0.2, 0.25) is 5.16 Å². The summed E-state index contributed by atoms with van der Waals surface area (Å²) in [6.45, 7) is 10.3. The van der Waals surface area contributed by atoms with E-state index < -0.39 is 0 Å². The van der Waals surface area contributed by atoms with Crippen molar-refractivity contribution < 1.29 is 0 Å². The first-order valence-corrected chi connectivity index (χ1v) is 8.79. The molecule has 2 heterocycles. The first kappa shape index (κ1) is 16.6. The SMILES string of the molecule is Cc1cc(C)c(CSc2nnc(-n3nc(C)cc3C)n2N)c(C)c1. The molecule has 0 aliphatic carbocycles. The van der Waals surface area contributed by atoms with Crippen LogP contribution in [0.5, 0.6) is 0 Å². The largest absolute Gasteiger partial charge is 0.334 e. The van der Waals surface area contributed by atoms with Crippen LogP contribution in [0.15, 0.2) is 23.4 Å². The van der Waals surface area contributed by atoms with Gasteiger partial charge in [0.15, 0.2) is 0 Å². The number of nitrogens with zero attached hydrogens (tertiary/aromatic N) is 5. The van der Waals surface area contributed by atoms with Crippen LogP contribution in [0.1, 0.15) is 33.6 Å². The van der Waals surface area contributed by atoms with Crippen molar-refractivity contribution in [3.05, 3.63) is 51.8 Å². The van der Waals surface area contributed by atoms with Gasteiger partial charge in [0.1, 0.15) is 0 Å². The summed E-state index contributed by atoms with van der Waals surface area (Å²) in [5.41, 5.74) is 7.10. The van der Waals surface area contributed by atoms with Crippen molar-refractivity contribution in [3.8, 4) is 5.95 Å². The zero-order chi connectivity index (χ0) is 17.4. The molecule has 24 heavy (non-hydrogen) atoms. The summed E-state index contributed by atoms with van der Waals surface area (Å²) in [6.07, 6.45) is 0. The van der Waals surface area contributed by atoms with Crippen molar-refractivity contribution >= 4 is 11.8 Å². The summed E-state index contributed by atoms with van der Waals surface area (Å²) in [5, 5.41) is 13.5. The van der Waals surface area contributed by atoms with Crippen molar-refractivity contribution in [1.82, 2.24) is 24.7 Å². The van der Waals surface area contributed by atoms with Gasteiger partial charge in [0.25, 0.3) is 5.95 Å². The van der Waals surface area contributed by atoms with E-state index in [0.29, 0.717) is 11.1 Å². The highest BCUT2D eigenvalue weighted by Gasteiger charge is 2.15. The van der Waals surface area contributed by atoms with Gasteiger partial charge in [-0.05, 0) is 57.4 Å². The molecule has 0 bridgehead atoms. The molecule has 0 spiro atoms. The Morgan fingerprint density at radius 1 is 1.00 bits per heavy atom. The maximum Gasteiger partial charge on any atom is 0.271 e. The number of nitrogen functional groups attached to an aromatic ring is 1. The van der Waals surface area contributed by atoms with Gasteiger partial charge in [-0.15, -0.1) is 10.2 Å². The molecule has 6 nitrogen and oxygen atoms in total. The summed E-state index contributed by atoms with van der Waals surface area (Å²) < 4.78 is 3.22. The average molecular weight is 342 g/mol. The molecule has 0 aliphatic rings. The summed E-state index contributed by atoms with van der Waals surface area (Å²) >= 11 is 1.59. The van der Waals surface area contributed by atoms with E-state index >= 15 is 0 Å². The van der Waals surface area contributed by atoms with Crippen molar-refractivity contribution in [2.45, 2.75) is 45.5 Å². The normalized spacial score (nSPS) is 11.2. The lowest BCUT2D eigenvalue weighted by atomic mass is 10.0. The third-order valence-electron chi connectivity index (χ3n) is 4.03. The van der Waals surface area contributed by atoms with Gasteiger partial charge in [0.05, 0.1) is 5.69 Å². The van der Waals surface area contributed by atoms with Gasteiger partial charge in [-0.25, -0.2) is 9.36 Å². The van der Waals surface area contributed by atoms with Crippen LogP contribution in [0, 0.1) is 34.6 Å². The van der Waals surface area contributed by atoms with Gasteiger partial charge in [-0.2, -0.15) is 5.10 Å². The molecule has 0 amide bonds. The van der Waals surface area contributed by atoms with Crippen LogP contribution in [0.2, 0.25) is 0 Å². The predicted octanol–water partition coefficient (Wildman–Crippen LogP) is 3.01. The first-order chi connectivity index (χ1) is 11.4. The Balaban J connectivity index is 1.84. The van der Waals surface area contributed by atoms with Crippen LogP contribution in [-0.4, -0.2) is 24.7 Å². The van der Waals surface area contributed by atoms with Crippen LogP contribution in [0.3, 0.4) is 0 Å². The van der Waals surface area contributed by atoms with E-state index in [1.807, 2.05) is 19.9 Å². The van der Waals surface area contributed by atoms with Gasteiger partial charge >= 0.3 is 0 Å². The minimum absolute atomic E-state index is 0.528. The van der Waals surface area contributed by atoms with E-state index in [4.69, 9.17) is 5.84 Å². The maximum absolute atomic E-state index is 6.19. The van der Waals surface area contributed by atoms with Crippen LogP contribution >= 0.6 is 11.8 Å². The molecule has 0 aliphatic heterocycles. The van der Waals surface area contributed by atoms with Gasteiger partial charge < -0.3 is 5.84 Å². The lowest BCUT2D eigenvalue weighted by molar-refractivity contribution is 0.727. The predicted molar refractivity (Wildman–Crippen MR) is 97.0 cm³/mol. The van der Waals surface area contributed by atoms with E-state index in [0.717, 1.165) is 17.1 Å². The molecule has 3 aromatic rings. The van der Waals surface area contributed by atoms with E-state index in [-0.39, 0.29) is 0 Å². The van der Waals surface area contributed by atoms with Gasteiger partial charge in [-0.1, -0.05) is 29.5 Å². The number of hydrogen-bond donors (Lipinski definition) is 1. The molecule has 126 valence electrons. The summed E-state index contributed by atoms with van der Waals surface area (Å²) in [5.74, 6) is 7.53. The smallest absolute Gasteiger partial charge is 0.271 e. The van der Waals surface area contributed by atoms with Crippen LogP contribution < -0.4 is 5.84 Å². The second-order valence-corrected chi connectivity index (χ2v) is 7.10.